The molecule has 1 aromatic carbocycles. The van der Waals surface area contributed by atoms with Crippen LogP contribution in [0.1, 0.15) is 21.5 Å². The molecule has 2 rings (SSSR count). The number of hydrogen-bond donors (Lipinski definition) is 3. The largest absolute Gasteiger partial charge is 0.467 e. The summed E-state index contributed by atoms with van der Waals surface area (Å²) in [5.41, 5.74) is 7.14. The van der Waals surface area contributed by atoms with Crippen molar-refractivity contribution < 1.29 is 27.5 Å². The monoisotopic (exact) mass is 430 g/mol. The molecule has 3 N–H and O–H groups in total. The average molecular weight is 431 g/mol. The lowest BCUT2D eigenvalue weighted by Crippen LogP contribution is -2.44. The fourth-order valence-corrected chi connectivity index (χ4v) is 2.46. The van der Waals surface area contributed by atoms with E-state index in [0.29, 0.717) is 0 Å². The minimum Gasteiger partial charge on any atom is -0.467 e. The van der Waals surface area contributed by atoms with Gasteiger partial charge in [0.15, 0.2) is 6.61 Å². The van der Waals surface area contributed by atoms with Gasteiger partial charge in [0, 0.05) is 11.9 Å². The highest BCUT2D eigenvalue weighted by molar-refractivity contribution is 6.32. The first-order chi connectivity index (χ1) is 13.5. The Bertz CT molecular complexity index is 906. The number of carbonyl (C=O) groups excluding carboxylic acids is 2. The second kappa shape index (κ2) is 9.46. The molecule has 0 aliphatic carbocycles. The molecule has 0 aliphatic rings. The average Bonchev–Trinajstić information content (AvgIpc) is 2.63. The molecule has 0 saturated heterocycles. The second-order valence-electron chi connectivity index (χ2n) is 6.09. The van der Waals surface area contributed by atoms with Crippen molar-refractivity contribution in [3.8, 4) is 5.88 Å². The van der Waals surface area contributed by atoms with E-state index in [9.17, 15) is 22.8 Å². The molecule has 0 bridgehead atoms. The van der Waals surface area contributed by atoms with E-state index < -0.39 is 30.5 Å². The van der Waals surface area contributed by atoms with Crippen LogP contribution in [0.2, 0.25) is 5.02 Å². The molecule has 0 saturated carbocycles. The number of aromatic nitrogens is 1. The van der Waals surface area contributed by atoms with E-state index in [4.69, 9.17) is 11.6 Å². The van der Waals surface area contributed by atoms with Crippen LogP contribution in [0.3, 0.4) is 0 Å². The number of rotatable bonds is 6. The number of benzene rings is 1. The van der Waals surface area contributed by atoms with Crippen molar-refractivity contribution in [2.75, 3.05) is 18.5 Å². The molecule has 1 aromatic heterocycles. The molecule has 7 nitrogen and oxygen atoms in total. The molecule has 1 heterocycles. The minimum absolute atomic E-state index is 0.0722. The van der Waals surface area contributed by atoms with Gasteiger partial charge in [-0.25, -0.2) is 4.98 Å². The first-order valence-electron chi connectivity index (χ1n) is 8.30. The summed E-state index contributed by atoms with van der Waals surface area (Å²) in [4.78, 5) is 27.5. The molecule has 29 heavy (non-hydrogen) atoms. The number of amides is 2. The summed E-state index contributed by atoms with van der Waals surface area (Å²) in [7, 11) is 0. The third-order valence-electron chi connectivity index (χ3n) is 3.58. The SMILES string of the molecule is Cc1ccc(NCC(=O)NNC(=O)c2cnc(OCC(F)(F)F)c(Cl)c2)c(C)c1. The Hall–Kier alpha value is -3.01. The maximum Gasteiger partial charge on any atom is 0.422 e. The molecular weight excluding hydrogens is 413 g/mol. The van der Waals surface area contributed by atoms with Crippen LogP contribution in [0.5, 0.6) is 5.88 Å². The summed E-state index contributed by atoms with van der Waals surface area (Å²) >= 11 is 5.78. The molecule has 0 radical (unpaired) electrons. The summed E-state index contributed by atoms with van der Waals surface area (Å²) < 4.78 is 40.9. The van der Waals surface area contributed by atoms with Gasteiger partial charge in [-0.3, -0.25) is 20.4 Å². The Balaban J connectivity index is 1.85. The highest BCUT2D eigenvalue weighted by atomic mass is 35.5. The van der Waals surface area contributed by atoms with E-state index in [1.807, 2.05) is 32.0 Å². The number of nitrogens with zero attached hydrogens (tertiary/aromatic N) is 1. The quantitative estimate of drug-likeness (QED) is 0.612. The van der Waals surface area contributed by atoms with E-state index >= 15 is 0 Å². The van der Waals surface area contributed by atoms with E-state index in [-0.39, 0.29) is 17.1 Å². The van der Waals surface area contributed by atoms with E-state index in [1.165, 1.54) is 0 Å². The summed E-state index contributed by atoms with van der Waals surface area (Å²) in [6.45, 7) is 2.20. The van der Waals surface area contributed by atoms with Crippen LogP contribution in [-0.2, 0) is 4.79 Å². The van der Waals surface area contributed by atoms with Gasteiger partial charge in [-0.15, -0.1) is 0 Å². The summed E-state index contributed by atoms with van der Waals surface area (Å²) in [5.74, 6) is -1.72. The van der Waals surface area contributed by atoms with Crippen LogP contribution < -0.4 is 20.9 Å². The third kappa shape index (κ3) is 7.15. The number of anilines is 1. The van der Waals surface area contributed by atoms with Crippen LogP contribution in [0.4, 0.5) is 18.9 Å². The fraction of sp³-hybridized carbons (Fsp3) is 0.278. The van der Waals surface area contributed by atoms with Crippen LogP contribution in [0.25, 0.3) is 0 Å². The number of halogens is 4. The van der Waals surface area contributed by atoms with E-state index in [2.05, 4.69) is 25.9 Å². The van der Waals surface area contributed by atoms with Crippen molar-refractivity contribution in [2.45, 2.75) is 20.0 Å². The van der Waals surface area contributed by atoms with Gasteiger partial charge in [0.05, 0.1) is 12.1 Å². The number of ether oxygens (including phenoxy) is 1. The molecule has 0 atom stereocenters. The lowest BCUT2D eigenvalue weighted by Gasteiger charge is -2.12. The van der Waals surface area contributed by atoms with Crippen molar-refractivity contribution >= 4 is 29.1 Å². The maximum absolute atomic E-state index is 12.2. The number of alkyl halides is 3. The molecule has 0 fully saturated rings. The smallest absolute Gasteiger partial charge is 0.422 e. The van der Waals surface area contributed by atoms with Gasteiger partial charge >= 0.3 is 6.18 Å². The van der Waals surface area contributed by atoms with Crippen molar-refractivity contribution in [2.24, 2.45) is 0 Å². The first-order valence-corrected chi connectivity index (χ1v) is 8.68. The molecule has 156 valence electrons. The van der Waals surface area contributed by atoms with Crippen molar-refractivity contribution in [3.05, 3.63) is 52.2 Å². The van der Waals surface area contributed by atoms with Gasteiger partial charge in [-0.2, -0.15) is 13.2 Å². The van der Waals surface area contributed by atoms with Crippen molar-refractivity contribution in [1.29, 1.82) is 0 Å². The zero-order valence-corrected chi connectivity index (χ0v) is 16.2. The number of pyridine rings is 1. The molecule has 11 heteroatoms. The number of nitrogens with one attached hydrogen (secondary N) is 3. The Kier molecular flexibility index (Phi) is 7.27. The lowest BCUT2D eigenvalue weighted by molar-refractivity contribution is -0.154. The zero-order valence-electron chi connectivity index (χ0n) is 15.5. The van der Waals surface area contributed by atoms with Gasteiger partial charge in [0.1, 0.15) is 5.02 Å². The summed E-state index contributed by atoms with van der Waals surface area (Å²) in [6, 6.07) is 6.77. The first kappa shape index (κ1) is 22.3. The van der Waals surface area contributed by atoms with Crippen LogP contribution >= 0.6 is 11.6 Å². The topological polar surface area (TPSA) is 92.4 Å². The van der Waals surface area contributed by atoms with Gasteiger partial charge in [-0.1, -0.05) is 29.3 Å². The number of aryl methyl sites for hydroxylation is 2. The van der Waals surface area contributed by atoms with Crippen molar-refractivity contribution in [1.82, 2.24) is 15.8 Å². The second-order valence-corrected chi connectivity index (χ2v) is 6.50. The van der Waals surface area contributed by atoms with Crippen LogP contribution in [0.15, 0.2) is 30.5 Å². The van der Waals surface area contributed by atoms with Gasteiger partial charge in [0.2, 0.25) is 5.88 Å². The predicted octanol–water partition coefficient (Wildman–Crippen LogP) is 3.17. The Morgan fingerprint density at radius 3 is 2.52 bits per heavy atom. The number of hydrogen-bond acceptors (Lipinski definition) is 5. The normalized spacial score (nSPS) is 11.0. The third-order valence-corrected chi connectivity index (χ3v) is 3.85. The van der Waals surface area contributed by atoms with E-state index in [0.717, 1.165) is 29.1 Å². The van der Waals surface area contributed by atoms with Gasteiger partial charge in [-0.05, 0) is 31.5 Å². The Morgan fingerprint density at radius 2 is 1.90 bits per heavy atom. The molecule has 0 spiro atoms. The minimum atomic E-state index is -4.55. The number of carbonyl (C=O) groups is 2. The Morgan fingerprint density at radius 1 is 1.17 bits per heavy atom. The summed E-state index contributed by atoms with van der Waals surface area (Å²) in [5, 5.41) is 2.67. The predicted molar refractivity (Wildman–Crippen MR) is 101 cm³/mol. The highest BCUT2D eigenvalue weighted by Gasteiger charge is 2.29. The fourth-order valence-electron chi connectivity index (χ4n) is 2.24. The van der Waals surface area contributed by atoms with Crippen LogP contribution in [0, 0.1) is 13.8 Å². The molecule has 2 aromatic rings. The zero-order chi connectivity index (χ0) is 21.6. The molecule has 2 amide bonds. The van der Waals surface area contributed by atoms with E-state index in [1.54, 1.807) is 0 Å². The molecule has 0 aliphatic heterocycles. The standard InChI is InChI=1S/C18H18ClF3N4O3/c1-10-3-4-14(11(2)5-10)23-8-15(27)25-26-16(28)12-6-13(19)17(24-7-12)29-9-18(20,21)22/h3-7,23H,8-9H2,1-2H3,(H,25,27)(H,26,28). The van der Waals surface area contributed by atoms with Crippen LogP contribution in [-0.4, -0.2) is 36.1 Å². The maximum atomic E-state index is 12.2. The molecule has 0 unspecified atom stereocenters. The van der Waals surface area contributed by atoms with Crippen molar-refractivity contribution in [3.63, 3.8) is 0 Å². The Labute approximate surface area is 169 Å². The van der Waals surface area contributed by atoms with Gasteiger partial charge in [0.25, 0.3) is 11.8 Å². The highest BCUT2D eigenvalue weighted by Crippen LogP contribution is 2.24. The summed E-state index contributed by atoms with van der Waals surface area (Å²) in [6.07, 6.45) is -3.57. The lowest BCUT2D eigenvalue weighted by atomic mass is 10.1. The number of hydrazine groups is 1. The van der Waals surface area contributed by atoms with Gasteiger partial charge < -0.3 is 10.1 Å². The molecular formula is C18H18ClF3N4O3.